The normalized spacial score (nSPS) is 16.7. The summed E-state index contributed by atoms with van der Waals surface area (Å²) in [6, 6.07) is 11.7. The van der Waals surface area contributed by atoms with E-state index in [1.165, 1.54) is 18.1 Å². The molecule has 0 atom stereocenters. The maximum Gasteiger partial charge on any atom is 0.342 e. The lowest BCUT2D eigenvalue weighted by molar-refractivity contribution is -0.129. The molecule has 1 spiro atoms. The molecule has 2 aliphatic rings. The molecular weight excluding hydrogens is 408 g/mol. The van der Waals surface area contributed by atoms with E-state index < -0.39 is 24.0 Å². The number of fused-ring (bicyclic) bond motifs is 1. The highest BCUT2D eigenvalue weighted by molar-refractivity contribution is 6.31. The molecular formula is C22H21ClN2O5. The number of amides is 2. The van der Waals surface area contributed by atoms with E-state index >= 15 is 0 Å². The molecule has 1 heterocycles. The van der Waals surface area contributed by atoms with Crippen molar-refractivity contribution in [2.75, 3.05) is 23.9 Å². The lowest BCUT2D eigenvalue weighted by Gasteiger charge is -2.44. The van der Waals surface area contributed by atoms with Crippen LogP contribution < -0.4 is 15.0 Å². The Hall–Kier alpha value is -3.06. The SMILES string of the molecule is COc1ccc(Cl)cc1C(=O)OCC(=O)N1c2ccccc2NC(=O)C12CCCC2. The summed E-state index contributed by atoms with van der Waals surface area (Å²) in [4.78, 5) is 40.3. The summed E-state index contributed by atoms with van der Waals surface area (Å²) in [7, 11) is 1.43. The van der Waals surface area contributed by atoms with Crippen LogP contribution in [0.15, 0.2) is 42.5 Å². The fourth-order valence-corrected chi connectivity index (χ4v) is 4.41. The largest absolute Gasteiger partial charge is 0.496 e. The van der Waals surface area contributed by atoms with Gasteiger partial charge in [-0.3, -0.25) is 14.5 Å². The molecule has 0 saturated heterocycles. The third kappa shape index (κ3) is 3.39. The van der Waals surface area contributed by atoms with Gasteiger partial charge in [0.05, 0.1) is 18.5 Å². The molecule has 30 heavy (non-hydrogen) atoms. The molecule has 0 aromatic heterocycles. The van der Waals surface area contributed by atoms with E-state index in [1.807, 2.05) is 6.07 Å². The number of rotatable bonds is 4. The van der Waals surface area contributed by atoms with Gasteiger partial charge in [-0.2, -0.15) is 0 Å². The van der Waals surface area contributed by atoms with Gasteiger partial charge in [-0.05, 0) is 43.2 Å². The maximum atomic E-state index is 13.2. The van der Waals surface area contributed by atoms with Gasteiger partial charge in [-0.15, -0.1) is 0 Å². The fraction of sp³-hybridized carbons (Fsp3) is 0.318. The van der Waals surface area contributed by atoms with Gasteiger partial charge < -0.3 is 14.8 Å². The summed E-state index contributed by atoms with van der Waals surface area (Å²) in [5, 5.41) is 3.27. The van der Waals surface area contributed by atoms with Crippen molar-refractivity contribution in [3.8, 4) is 5.75 Å². The van der Waals surface area contributed by atoms with Gasteiger partial charge in [0.1, 0.15) is 16.9 Å². The minimum Gasteiger partial charge on any atom is -0.496 e. The second-order valence-electron chi connectivity index (χ2n) is 7.36. The number of nitrogens with zero attached hydrogens (tertiary/aromatic N) is 1. The lowest BCUT2D eigenvalue weighted by Crippen LogP contribution is -2.61. The first-order valence-corrected chi connectivity index (χ1v) is 10.1. The van der Waals surface area contributed by atoms with Crippen LogP contribution in [0.3, 0.4) is 0 Å². The number of anilines is 2. The lowest BCUT2D eigenvalue weighted by atomic mass is 9.90. The van der Waals surface area contributed by atoms with E-state index in [2.05, 4.69) is 5.32 Å². The molecule has 1 aliphatic carbocycles. The van der Waals surface area contributed by atoms with Crippen molar-refractivity contribution < 1.29 is 23.9 Å². The summed E-state index contributed by atoms with van der Waals surface area (Å²) in [6.45, 7) is -0.502. The number of para-hydroxylation sites is 2. The second kappa shape index (κ2) is 7.99. The van der Waals surface area contributed by atoms with E-state index in [0.717, 1.165) is 12.8 Å². The molecule has 2 amide bonds. The second-order valence-corrected chi connectivity index (χ2v) is 7.80. The van der Waals surface area contributed by atoms with Gasteiger partial charge in [0.25, 0.3) is 11.8 Å². The molecule has 0 unspecified atom stereocenters. The molecule has 8 heteroatoms. The van der Waals surface area contributed by atoms with Crippen LogP contribution in [0.1, 0.15) is 36.0 Å². The van der Waals surface area contributed by atoms with Crippen molar-refractivity contribution in [3.63, 3.8) is 0 Å². The number of hydrogen-bond acceptors (Lipinski definition) is 5. The third-order valence-electron chi connectivity index (χ3n) is 5.63. The standard InChI is InChI=1S/C22H21ClN2O5/c1-29-18-9-8-14(23)12-15(18)20(27)30-13-19(26)25-17-7-3-2-6-16(17)24-21(28)22(25)10-4-5-11-22/h2-3,6-9,12H,4-5,10-11,13H2,1H3,(H,24,28). The molecule has 7 nitrogen and oxygen atoms in total. The van der Waals surface area contributed by atoms with Crippen LogP contribution in [0, 0.1) is 0 Å². The Labute approximate surface area is 178 Å². The molecule has 1 aliphatic heterocycles. The van der Waals surface area contributed by atoms with Crippen molar-refractivity contribution in [1.29, 1.82) is 0 Å². The summed E-state index contributed by atoms with van der Waals surface area (Å²) in [5.41, 5.74) is 0.354. The highest BCUT2D eigenvalue weighted by Crippen LogP contribution is 2.45. The highest BCUT2D eigenvalue weighted by Gasteiger charge is 2.52. The predicted molar refractivity (Wildman–Crippen MR) is 112 cm³/mol. The topological polar surface area (TPSA) is 84.9 Å². The summed E-state index contributed by atoms with van der Waals surface area (Å²) in [6.07, 6.45) is 2.82. The molecule has 156 valence electrons. The zero-order valence-electron chi connectivity index (χ0n) is 16.4. The Balaban J connectivity index is 1.60. The number of nitrogens with one attached hydrogen (secondary N) is 1. The number of esters is 1. The van der Waals surface area contributed by atoms with Gasteiger partial charge in [0, 0.05) is 5.02 Å². The molecule has 2 aromatic rings. The summed E-state index contributed by atoms with van der Waals surface area (Å²) < 4.78 is 10.5. The van der Waals surface area contributed by atoms with Gasteiger partial charge in [-0.25, -0.2) is 4.79 Å². The van der Waals surface area contributed by atoms with Gasteiger partial charge in [0.15, 0.2) is 6.61 Å². The van der Waals surface area contributed by atoms with Crippen LogP contribution in [-0.4, -0.2) is 37.0 Å². The van der Waals surface area contributed by atoms with Crippen LogP contribution in [-0.2, 0) is 14.3 Å². The Bertz CT molecular complexity index is 1020. The Kier molecular flexibility index (Phi) is 5.39. The molecule has 1 N–H and O–H groups in total. The van der Waals surface area contributed by atoms with Crippen molar-refractivity contribution >= 4 is 40.8 Å². The number of methoxy groups -OCH3 is 1. The third-order valence-corrected chi connectivity index (χ3v) is 5.87. The maximum absolute atomic E-state index is 13.2. The molecule has 2 aromatic carbocycles. The number of carbonyl (C=O) groups excluding carboxylic acids is 3. The quantitative estimate of drug-likeness (QED) is 0.748. The van der Waals surface area contributed by atoms with E-state index in [4.69, 9.17) is 21.1 Å². The number of ether oxygens (including phenoxy) is 2. The van der Waals surface area contributed by atoms with Crippen molar-refractivity contribution in [3.05, 3.63) is 53.1 Å². The highest BCUT2D eigenvalue weighted by atomic mass is 35.5. The average molecular weight is 429 g/mol. The van der Waals surface area contributed by atoms with Crippen LogP contribution in [0.2, 0.25) is 5.02 Å². The van der Waals surface area contributed by atoms with E-state index in [-0.39, 0.29) is 11.5 Å². The number of benzene rings is 2. The predicted octanol–water partition coefficient (Wildman–Crippen LogP) is 3.80. The summed E-state index contributed by atoms with van der Waals surface area (Å²) in [5.74, 6) is -1.08. The molecule has 0 bridgehead atoms. The number of halogens is 1. The van der Waals surface area contributed by atoms with Crippen LogP contribution in [0.4, 0.5) is 11.4 Å². The smallest absolute Gasteiger partial charge is 0.342 e. The zero-order valence-corrected chi connectivity index (χ0v) is 17.2. The Morgan fingerprint density at radius 3 is 2.63 bits per heavy atom. The van der Waals surface area contributed by atoms with Crippen molar-refractivity contribution in [2.24, 2.45) is 0 Å². The van der Waals surface area contributed by atoms with Gasteiger partial charge in [0.2, 0.25) is 0 Å². The summed E-state index contributed by atoms with van der Waals surface area (Å²) >= 11 is 5.97. The minimum absolute atomic E-state index is 0.130. The van der Waals surface area contributed by atoms with Gasteiger partial charge in [-0.1, -0.05) is 36.6 Å². The van der Waals surface area contributed by atoms with E-state index in [9.17, 15) is 14.4 Å². The first kappa shape index (κ1) is 20.2. The van der Waals surface area contributed by atoms with Gasteiger partial charge >= 0.3 is 5.97 Å². The van der Waals surface area contributed by atoms with Crippen molar-refractivity contribution in [1.82, 2.24) is 0 Å². The van der Waals surface area contributed by atoms with Crippen molar-refractivity contribution in [2.45, 2.75) is 31.2 Å². The molecule has 4 rings (SSSR count). The monoisotopic (exact) mass is 428 g/mol. The van der Waals surface area contributed by atoms with Crippen LogP contribution in [0.25, 0.3) is 0 Å². The van der Waals surface area contributed by atoms with E-state index in [0.29, 0.717) is 35.0 Å². The van der Waals surface area contributed by atoms with Crippen LogP contribution in [0.5, 0.6) is 5.75 Å². The molecule has 0 radical (unpaired) electrons. The fourth-order valence-electron chi connectivity index (χ4n) is 4.24. The first-order chi connectivity index (χ1) is 14.5. The number of carbonyl (C=O) groups is 3. The van der Waals surface area contributed by atoms with Crippen LogP contribution >= 0.6 is 11.6 Å². The number of hydrogen-bond donors (Lipinski definition) is 1. The van der Waals surface area contributed by atoms with E-state index in [1.54, 1.807) is 30.3 Å². The minimum atomic E-state index is -0.953. The Morgan fingerprint density at radius 2 is 1.90 bits per heavy atom. The Morgan fingerprint density at radius 1 is 1.17 bits per heavy atom. The first-order valence-electron chi connectivity index (χ1n) is 9.70. The molecule has 1 saturated carbocycles. The average Bonchev–Trinajstić information content (AvgIpc) is 3.23. The zero-order chi connectivity index (χ0) is 21.3. The molecule has 1 fully saturated rings.